The Morgan fingerprint density at radius 1 is 1.44 bits per heavy atom. The highest BCUT2D eigenvalue weighted by molar-refractivity contribution is 5.69. The Morgan fingerprint density at radius 2 is 2.22 bits per heavy atom. The number of nitrogens with two attached hydrogens (primary N) is 1. The molecule has 96 valence electrons. The number of rotatable bonds is 4. The van der Waals surface area contributed by atoms with Crippen molar-refractivity contribution in [3.05, 3.63) is 18.3 Å². The van der Waals surface area contributed by atoms with Gasteiger partial charge in [-0.2, -0.15) is 4.98 Å². The molecule has 0 aromatic carbocycles. The molecule has 0 radical (unpaired) electrons. The van der Waals surface area contributed by atoms with Gasteiger partial charge in [-0.3, -0.25) is 5.01 Å². The van der Waals surface area contributed by atoms with Crippen molar-refractivity contribution in [1.82, 2.24) is 14.6 Å². The number of nitrogens with zero attached hydrogens (tertiary/aromatic N) is 5. The first-order chi connectivity index (χ1) is 8.65. The van der Waals surface area contributed by atoms with Gasteiger partial charge < -0.3 is 4.90 Å². The summed E-state index contributed by atoms with van der Waals surface area (Å²) in [6, 6.07) is 3.91. The monoisotopic (exact) mass is 246 g/mol. The van der Waals surface area contributed by atoms with Crippen molar-refractivity contribution in [2.45, 2.75) is 12.8 Å². The van der Waals surface area contributed by atoms with E-state index in [1.807, 2.05) is 29.9 Å². The Morgan fingerprint density at radius 3 is 2.89 bits per heavy atom. The SMILES string of the molecule is CN(N)c1nc(N(C)CC2CC2)nn2cccc12. The normalized spacial score (nSPS) is 15.1. The van der Waals surface area contributed by atoms with Crippen LogP contribution in [0, 0.1) is 5.92 Å². The minimum absolute atomic E-state index is 0.720. The van der Waals surface area contributed by atoms with Crippen LogP contribution in [-0.2, 0) is 0 Å². The summed E-state index contributed by atoms with van der Waals surface area (Å²) in [6.45, 7) is 1.01. The molecule has 2 N–H and O–H groups in total. The van der Waals surface area contributed by atoms with Crippen LogP contribution in [0.2, 0.25) is 0 Å². The molecule has 1 aliphatic carbocycles. The molecule has 3 rings (SSSR count). The van der Waals surface area contributed by atoms with E-state index in [1.165, 1.54) is 17.9 Å². The molecule has 0 amide bonds. The molecule has 2 aromatic heterocycles. The van der Waals surface area contributed by atoms with Gasteiger partial charge in [0.1, 0.15) is 5.52 Å². The van der Waals surface area contributed by atoms with Gasteiger partial charge in [0, 0.05) is 26.8 Å². The molecule has 0 bridgehead atoms. The molecule has 6 nitrogen and oxygen atoms in total. The number of aromatic nitrogens is 3. The van der Waals surface area contributed by atoms with E-state index in [2.05, 4.69) is 15.0 Å². The summed E-state index contributed by atoms with van der Waals surface area (Å²) in [4.78, 5) is 6.65. The largest absolute Gasteiger partial charge is 0.342 e. The van der Waals surface area contributed by atoms with Crippen molar-refractivity contribution in [2.24, 2.45) is 11.8 Å². The van der Waals surface area contributed by atoms with E-state index in [-0.39, 0.29) is 0 Å². The maximum absolute atomic E-state index is 5.83. The molecule has 18 heavy (non-hydrogen) atoms. The van der Waals surface area contributed by atoms with Crippen LogP contribution in [0.4, 0.5) is 11.8 Å². The highest BCUT2D eigenvalue weighted by Crippen LogP contribution is 2.30. The summed E-state index contributed by atoms with van der Waals surface area (Å²) in [5, 5.41) is 6.04. The van der Waals surface area contributed by atoms with Gasteiger partial charge in [-0.25, -0.2) is 10.4 Å². The smallest absolute Gasteiger partial charge is 0.245 e. The second kappa shape index (κ2) is 4.13. The van der Waals surface area contributed by atoms with E-state index in [4.69, 9.17) is 5.84 Å². The highest BCUT2D eigenvalue weighted by atomic mass is 15.5. The summed E-state index contributed by atoms with van der Waals surface area (Å²) in [5.74, 6) is 8.10. The zero-order chi connectivity index (χ0) is 12.7. The predicted molar refractivity (Wildman–Crippen MR) is 71.6 cm³/mol. The summed E-state index contributed by atoms with van der Waals surface area (Å²) < 4.78 is 1.82. The van der Waals surface area contributed by atoms with Crippen molar-refractivity contribution in [3.8, 4) is 0 Å². The lowest BCUT2D eigenvalue weighted by Crippen LogP contribution is -2.29. The summed E-state index contributed by atoms with van der Waals surface area (Å²) in [6.07, 6.45) is 4.55. The van der Waals surface area contributed by atoms with Gasteiger partial charge in [-0.1, -0.05) is 0 Å². The van der Waals surface area contributed by atoms with Crippen LogP contribution < -0.4 is 15.8 Å². The molecule has 1 saturated carbocycles. The maximum atomic E-state index is 5.83. The third-order valence-corrected chi connectivity index (χ3v) is 3.26. The van der Waals surface area contributed by atoms with Crippen LogP contribution in [0.1, 0.15) is 12.8 Å². The Hall–Kier alpha value is -1.82. The first-order valence-electron chi connectivity index (χ1n) is 6.20. The molecule has 0 atom stereocenters. The van der Waals surface area contributed by atoms with Crippen LogP contribution in [-0.4, -0.2) is 35.2 Å². The molecule has 0 spiro atoms. The van der Waals surface area contributed by atoms with Crippen molar-refractivity contribution in [1.29, 1.82) is 0 Å². The Kier molecular flexibility index (Phi) is 2.59. The number of anilines is 2. The molecule has 1 aliphatic rings. The minimum Gasteiger partial charge on any atom is -0.342 e. The lowest BCUT2D eigenvalue weighted by atomic mass is 10.4. The predicted octanol–water partition coefficient (Wildman–Crippen LogP) is 0.885. The summed E-state index contributed by atoms with van der Waals surface area (Å²) in [5.41, 5.74) is 0.920. The molecule has 0 aliphatic heterocycles. The first-order valence-corrected chi connectivity index (χ1v) is 6.20. The van der Waals surface area contributed by atoms with E-state index in [0.29, 0.717) is 0 Å². The fourth-order valence-electron chi connectivity index (χ4n) is 2.10. The van der Waals surface area contributed by atoms with E-state index in [0.717, 1.165) is 29.7 Å². The summed E-state index contributed by atoms with van der Waals surface area (Å²) >= 11 is 0. The van der Waals surface area contributed by atoms with E-state index in [9.17, 15) is 0 Å². The standard InChI is InChI=1S/C12H18N6/c1-16(8-9-5-6-9)12-14-11(17(2)13)10-4-3-7-18(10)15-12/h3-4,7,9H,5-6,8,13H2,1-2H3. The van der Waals surface area contributed by atoms with Crippen molar-refractivity contribution in [3.63, 3.8) is 0 Å². The Bertz CT molecular complexity index is 557. The van der Waals surface area contributed by atoms with Gasteiger partial charge in [0.2, 0.25) is 5.95 Å². The average Bonchev–Trinajstić information content (AvgIpc) is 3.02. The molecule has 2 aromatic rings. The number of fused-ring (bicyclic) bond motifs is 1. The van der Waals surface area contributed by atoms with Crippen molar-refractivity contribution in [2.75, 3.05) is 30.5 Å². The van der Waals surface area contributed by atoms with Crippen LogP contribution in [0.15, 0.2) is 18.3 Å². The van der Waals surface area contributed by atoms with Gasteiger partial charge in [0.05, 0.1) is 0 Å². The first kappa shape index (κ1) is 11.3. The van der Waals surface area contributed by atoms with Crippen molar-refractivity contribution < 1.29 is 0 Å². The zero-order valence-electron chi connectivity index (χ0n) is 10.7. The van der Waals surface area contributed by atoms with Gasteiger partial charge in [-0.15, -0.1) is 5.10 Å². The van der Waals surface area contributed by atoms with Gasteiger partial charge >= 0.3 is 0 Å². The second-order valence-electron chi connectivity index (χ2n) is 5.01. The number of hydrogen-bond acceptors (Lipinski definition) is 5. The minimum atomic E-state index is 0.720. The third kappa shape index (κ3) is 1.99. The molecule has 0 saturated heterocycles. The molecular weight excluding hydrogens is 228 g/mol. The fraction of sp³-hybridized carbons (Fsp3) is 0.500. The van der Waals surface area contributed by atoms with E-state index >= 15 is 0 Å². The van der Waals surface area contributed by atoms with E-state index < -0.39 is 0 Å². The topological polar surface area (TPSA) is 62.7 Å². The fourth-order valence-corrected chi connectivity index (χ4v) is 2.10. The van der Waals surface area contributed by atoms with Crippen LogP contribution in [0.25, 0.3) is 5.52 Å². The number of hydrazine groups is 1. The number of hydrogen-bond donors (Lipinski definition) is 1. The van der Waals surface area contributed by atoms with Crippen LogP contribution in [0.5, 0.6) is 0 Å². The average molecular weight is 246 g/mol. The Balaban J connectivity index is 2.00. The summed E-state index contributed by atoms with van der Waals surface area (Å²) in [7, 11) is 3.82. The van der Waals surface area contributed by atoms with Crippen LogP contribution >= 0.6 is 0 Å². The molecular formula is C12H18N6. The third-order valence-electron chi connectivity index (χ3n) is 3.26. The quantitative estimate of drug-likeness (QED) is 0.641. The molecule has 0 unspecified atom stereocenters. The Labute approximate surface area is 106 Å². The van der Waals surface area contributed by atoms with Crippen molar-refractivity contribution >= 4 is 17.3 Å². The molecule has 1 fully saturated rings. The lowest BCUT2D eigenvalue weighted by Gasteiger charge is -2.19. The van der Waals surface area contributed by atoms with Gasteiger partial charge in [0.15, 0.2) is 5.82 Å². The van der Waals surface area contributed by atoms with Gasteiger partial charge in [0.25, 0.3) is 0 Å². The lowest BCUT2D eigenvalue weighted by molar-refractivity contribution is 0.741. The van der Waals surface area contributed by atoms with Crippen LogP contribution in [0.3, 0.4) is 0 Å². The molecule has 2 heterocycles. The molecule has 6 heteroatoms. The highest BCUT2D eigenvalue weighted by Gasteiger charge is 2.24. The van der Waals surface area contributed by atoms with E-state index in [1.54, 1.807) is 7.05 Å². The maximum Gasteiger partial charge on any atom is 0.245 e. The second-order valence-corrected chi connectivity index (χ2v) is 5.01. The zero-order valence-corrected chi connectivity index (χ0v) is 10.7. The van der Waals surface area contributed by atoms with Gasteiger partial charge in [-0.05, 0) is 30.9 Å².